The number of amides is 6. The first-order chi connectivity index (χ1) is 46.2. The van der Waals surface area contributed by atoms with Gasteiger partial charge >= 0.3 is 11.6 Å². The number of halogens is 3. The van der Waals surface area contributed by atoms with Crippen molar-refractivity contribution in [3.05, 3.63) is 119 Å². The summed E-state index contributed by atoms with van der Waals surface area (Å²) >= 11 is 1.40. The lowest BCUT2D eigenvalue weighted by Gasteiger charge is -2.73. The van der Waals surface area contributed by atoms with Crippen LogP contribution in [0.15, 0.2) is 117 Å². The van der Waals surface area contributed by atoms with Gasteiger partial charge in [0, 0.05) is 105 Å². The summed E-state index contributed by atoms with van der Waals surface area (Å²) in [5.74, 6) is -3.15. The number of carbonyl (C=O) groups excluding carboxylic acids is 6. The first kappa shape index (κ1) is 71.2. The van der Waals surface area contributed by atoms with E-state index in [2.05, 4.69) is 56.7 Å². The molecule has 1 unspecified atom stereocenters. The molecule has 97 heavy (non-hydrogen) atoms. The molecule has 3 saturated carbocycles. The maximum absolute atomic E-state index is 14.5. The summed E-state index contributed by atoms with van der Waals surface area (Å²) in [6.45, 7) is 14.1. The number of anilines is 3. The summed E-state index contributed by atoms with van der Waals surface area (Å²) in [5, 5.41) is 11.0. The molecular weight excluding hydrogens is 1320 g/mol. The minimum absolute atomic E-state index is 0.0138. The number of thioether (sulfide) groups is 1. The first-order valence-electron chi connectivity index (χ1n) is 33.4. The van der Waals surface area contributed by atoms with Gasteiger partial charge in [0.05, 0.1) is 48.1 Å². The van der Waals surface area contributed by atoms with Gasteiger partial charge in [-0.25, -0.2) is 26.4 Å². The lowest BCUT2D eigenvalue weighted by molar-refractivity contribution is -0.182. The molecule has 0 spiro atoms. The summed E-state index contributed by atoms with van der Waals surface area (Å²) in [7, 11) is -11.1. The van der Waals surface area contributed by atoms with Gasteiger partial charge in [-0.3, -0.25) is 39.1 Å². The third kappa shape index (κ3) is 16.5. The Bertz CT molecular complexity index is 3840. The number of rotatable bonds is 29. The molecule has 0 aromatic heterocycles. The van der Waals surface area contributed by atoms with E-state index >= 15 is 0 Å². The second-order valence-electron chi connectivity index (χ2n) is 27.4. The number of carbonyl (C=O) groups is 6. The van der Waals surface area contributed by atoms with Crippen molar-refractivity contribution in [3.63, 3.8) is 0 Å². The van der Waals surface area contributed by atoms with Crippen LogP contribution < -0.4 is 30.9 Å². The van der Waals surface area contributed by atoms with Crippen molar-refractivity contribution in [2.45, 2.75) is 136 Å². The van der Waals surface area contributed by atoms with Crippen LogP contribution in [0.1, 0.15) is 129 Å². The number of piperidine rings is 2. The quantitative estimate of drug-likeness (QED) is 0.0147. The second kappa shape index (κ2) is 29.8. The lowest BCUT2D eigenvalue weighted by Crippen LogP contribution is -2.63. The maximum Gasteiger partial charge on any atom is 0.501 e. The van der Waals surface area contributed by atoms with Crippen molar-refractivity contribution in [3.8, 4) is 0 Å². The molecule has 6 amide bonds. The Morgan fingerprint density at radius 2 is 1.47 bits per heavy atom. The topological polar surface area (TPSA) is 271 Å². The van der Waals surface area contributed by atoms with Gasteiger partial charge in [-0.2, -0.15) is 13.2 Å². The van der Waals surface area contributed by atoms with Crippen molar-refractivity contribution >= 4 is 84.3 Å². The molecule has 4 aromatic carbocycles. The summed E-state index contributed by atoms with van der Waals surface area (Å²) in [4.78, 5) is 83.3. The van der Waals surface area contributed by atoms with Crippen LogP contribution in [0.2, 0.25) is 0 Å². The number of piperazine rings is 1. The Labute approximate surface area is 568 Å². The van der Waals surface area contributed by atoms with Crippen LogP contribution in [0.3, 0.4) is 0 Å². The number of alkyl carbamates (subject to hydrolysis) is 1. The fraction of sp³-hybridized carbons (Fsp3) is 0.536. The molecule has 4 aromatic rings. The molecule has 6 fully saturated rings. The fourth-order valence-corrected chi connectivity index (χ4v) is 17.8. The monoisotopic (exact) mass is 1400 g/mol. The highest BCUT2D eigenvalue weighted by Crippen LogP contribution is 2.79. The van der Waals surface area contributed by atoms with Gasteiger partial charge in [-0.1, -0.05) is 62.6 Å². The number of sulfone groups is 1. The number of likely N-dealkylation sites (tertiary alicyclic amines) is 1. The van der Waals surface area contributed by atoms with E-state index in [4.69, 9.17) is 14.2 Å². The molecule has 4 heterocycles. The predicted molar refractivity (Wildman–Crippen MR) is 359 cm³/mol. The molecule has 28 heteroatoms. The molecule has 22 nitrogen and oxygen atoms in total. The maximum atomic E-state index is 14.5. The summed E-state index contributed by atoms with van der Waals surface area (Å²) in [5.41, 5.74) is -0.0443. The third-order valence-corrected chi connectivity index (χ3v) is 24.2. The number of fused-ring (bicyclic) bond motifs is 1. The van der Waals surface area contributed by atoms with E-state index in [9.17, 15) is 58.8 Å². The molecule has 524 valence electrons. The largest absolute Gasteiger partial charge is 0.501 e. The highest BCUT2D eigenvalue weighted by atomic mass is 32.2. The Kier molecular flexibility index (Phi) is 21.9. The van der Waals surface area contributed by atoms with Gasteiger partial charge in [0.15, 0.2) is 0 Å². The number of hydrogen-bond acceptors (Lipinski definition) is 19. The molecule has 4 aliphatic carbocycles. The Hall–Kier alpha value is -7.08. The molecule has 12 rings (SSSR count). The average Bonchev–Trinajstić information content (AvgIpc) is 1.38. The van der Waals surface area contributed by atoms with Crippen LogP contribution in [0.4, 0.5) is 35.0 Å². The lowest BCUT2D eigenvalue weighted by atomic mass is 9.31. The van der Waals surface area contributed by atoms with E-state index < -0.39 is 94.7 Å². The van der Waals surface area contributed by atoms with Crippen molar-refractivity contribution in [1.82, 2.24) is 30.1 Å². The van der Waals surface area contributed by atoms with E-state index in [1.165, 1.54) is 68.5 Å². The van der Waals surface area contributed by atoms with Crippen LogP contribution in [-0.2, 0) is 43.7 Å². The summed E-state index contributed by atoms with van der Waals surface area (Å²) in [6, 6.07) is 21.1. The minimum Gasteiger partial charge on any atom is -0.446 e. The predicted octanol–water partition coefficient (Wildman–Crippen LogP) is 9.01. The number of hydrogen-bond donors (Lipinski definition) is 5. The zero-order chi connectivity index (χ0) is 68.9. The Morgan fingerprint density at radius 3 is 2.15 bits per heavy atom. The normalized spacial score (nSPS) is 22.7. The first-order valence-corrected chi connectivity index (χ1v) is 37.4. The molecule has 4 aliphatic heterocycles. The van der Waals surface area contributed by atoms with E-state index in [1.807, 2.05) is 35.1 Å². The molecule has 3 saturated heterocycles. The number of imide groups is 2. The van der Waals surface area contributed by atoms with Gasteiger partial charge in [-0.15, -0.1) is 11.8 Å². The number of ether oxygens (including phenoxy) is 3. The number of benzene rings is 4. The zero-order valence-electron chi connectivity index (χ0n) is 54.9. The summed E-state index contributed by atoms with van der Waals surface area (Å²) in [6.07, 6.45) is 9.14. The number of sulfonamides is 1. The standard InChI is InChI=1S/C69H86F3N9O13S3/c1-4-67-43-68(44-67,45-67)54-40-66(2,3)25-21-47(54)41-79-31-33-80(34-32-79)49-15-13-46(14-16-49)61(83)77-97(90,91)52-17-18-55(58(39-52)96(88,89)69(70,71)72)75-48(42-95-51-9-6-5-7-10-51)22-28-78-29-23-50(24-30-78)94-65(87)74-27-36-93-38-37-92-35-26-73-56-12-8-11-53-60(56)64(86)81(63(53)85)57-19-20-59(82)76-62(57)84/h5-18,39,48,50,57,73,75H,4,19-38,40-45H2,1-3H3,(H,74,87)(H,77,83)(H,76,82,84)/t48-,57?,67?,68?/m1/s1. The van der Waals surface area contributed by atoms with Crippen LogP contribution >= 0.6 is 11.8 Å². The molecule has 8 aliphatic rings. The van der Waals surface area contributed by atoms with Gasteiger partial charge < -0.3 is 40.0 Å². The molecule has 2 bridgehead atoms. The smallest absolute Gasteiger partial charge is 0.446 e. The van der Waals surface area contributed by atoms with Gasteiger partial charge in [0.25, 0.3) is 37.6 Å². The van der Waals surface area contributed by atoms with E-state index in [-0.39, 0.29) is 74.8 Å². The molecular formula is C69H86F3N9O13S3. The van der Waals surface area contributed by atoms with Gasteiger partial charge in [0.2, 0.25) is 11.8 Å². The SMILES string of the molecule is CCC12CC(C3=C(CN4CCN(c5ccc(C(=O)NS(=O)(=O)c6ccc(N[C@H](CCN7CCC(OC(=O)NCCOCCOCCNc8cccc9c8C(=O)N(C8CCC(=O)NC8=O)C9=O)CC7)CSc7ccccc7)c(S(=O)(=O)C(F)(F)F)c6)cc5)CC4)CCC(C)(C)C3)(C1)C2. The summed E-state index contributed by atoms with van der Waals surface area (Å²) < 4.78 is 117. The van der Waals surface area contributed by atoms with Crippen LogP contribution in [0.5, 0.6) is 0 Å². The van der Waals surface area contributed by atoms with E-state index in [0.29, 0.717) is 66.9 Å². The zero-order valence-corrected chi connectivity index (χ0v) is 57.4. The fourth-order valence-electron chi connectivity index (χ4n) is 14.8. The second-order valence-corrected chi connectivity index (χ2v) is 32.1. The third-order valence-electron chi connectivity index (χ3n) is 20.2. The van der Waals surface area contributed by atoms with Gasteiger partial charge in [-0.05, 0) is 147 Å². The van der Waals surface area contributed by atoms with Crippen molar-refractivity contribution in [2.75, 3.05) is 113 Å². The minimum atomic E-state index is -6.16. The molecule has 5 N–H and O–H groups in total. The van der Waals surface area contributed by atoms with Crippen molar-refractivity contribution < 1.29 is 73.0 Å². The van der Waals surface area contributed by atoms with Gasteiger partial charge in [0.1, 0.15) is 17.0 Å². The molecule has 0 radical (unpaired) electrons. The number of allylic oxidation sites excluding steroid dienone is 1. The number of nitrogens with zero attached hydrogens (tertiary/aromatic N) is 4. The Balaban J connectivity index is 0.618. The van der Waals surface area contributed by atoms with Crippen LogP contribution in [-0.4, -0.2) is 188 Å². The van der Waals surface area contributed by atoms with Crippen molar-refractivity contribution in [2.24, 2.45) is 16.2 Å². The number of nitrogens with one attached hydrogen (secondary N) is 5. The van der Waals surface area contributed by atoms with E-state index in [0.717, 1.165) is 66.8 Å². The van der Waals surface area contributed by atoms with Crippen LogP contribution in [0.25, 0.3) is 0 Å². The van der Waals surface area contributed by atoms with Crippen molar-refractivity contribution in [1.29, 1.82) is 0 Å². The highest BCUT2D eigenvalue weighted by Gasteiger charge is 2.68. The van der Waals surface area contributed by atoms with Crippen LogP contribution in [0, 0.1) is 16.2 Å². The molecule has 2 atom stereocenters. The van der Waals surface area contributed by atoms with E-state index in [1.54, 1.807) is 35.4 Å². The Morgan fingerprint density at radius 1 is 0.773 bits per heavy atom. The average molecular weight is 1400 g/mol. The number of alkyl halides is 3. The highest BCUT2D eigenvalue weighted by molar-refractivity contribution is 7.99.